The Balaban J connectivity index is 1.81. The second-order valence-corrected chi connectivity index (χ2v) is 5.91. The number of aromatic amines is 1. The van der Waals surface area contributed by atoms with Crippen LogP contribution in [0.25, 0.3) is 22.2 Å². The van der Waals surface area contributed by atoms with Crippen LogP contribution in [0.5, 0.6) is 0 Å². The fraction of sp³-hybridized carbons (Fsp3) is 0. The number of pyridine rings is 1. The molecule has 6 heteroatoms. The van der Waals surface area contributed by atoms with E-state index in [1.54, 1.807) is 30.5 Å². The van der Waals surface area contributed by atoms with E-state index in [2.05, 4.69) is 20.3 Å². The summed E-state index contributed by atoms with van der Waals surface area (Å²) in [5.41, 5.74) is 2.67. The highest BCUT2D eigenvalue weighted by Gasteiger charge is 2.11. The molecule has 0 saturated heterocycles. The van der Waals surface area contributed by atoms with Crippen molar-refractivity contribution in [1.29, 1.82) is 0 Å². The zero-order valence-electron chi connectivity index (χ0n) is 13.0. The summed E-state index contributed by atoms with van der Waals surface area (Å²) in [6.45, 7) is 0. The van der Waals surface area contributed by atoms with Crippen LogP contribution in [0.3, 0.4) is 0 Å². The van der Waals surface area contributed by atoms with Crippen LogP contribution >= 0.6 is 11.6 Å². The number of hydrogen-bond donors (Lipinski definition) is 2. The summed E-state index contributed by atoms with van der Waals surface area (Å²) in [7, 11) is 0. The minimum Gasteiger partial charge on any atom is -0.326 e. The van der Waals surface area contributed by atoms with Crippen molar-refractivity contribution < 1.29 is 0 Å². The lowest BCUT2D eigenvalue weighted by atomic mass is 10.0. The summed E-state index contributed by atoms with van der Waals surface area (Å²) in [4.78, 5) is 24.1. The van der Waals surface area contributed by atoms with Gasteiger partial charge in [0.1, 0.15) is 0 Å². The lowest BCUT2D eigenvalue weighted by molar-refractivity contribution is 1.14. The molecule has 0 fully saturated rings. The number of nitrogens with one attached hydrogen (secondary N) is 2. The molecule has 0 atom stereocenters. The Bertz CT molecular complexity index is 1090. The molecule has 2 aromatic carbocycles. The van der Waals surface area contributed by atoms with Gasteiger partial charge in [0, 0.05) is 16.9 Å². The van der Waals surface area contributed by atoms with Gasteiger partial charge in [0.15, 0.2) is 5.65 Å². The molecule has 0 aliphatic rings. The van der Waals surface area contributed by atoms with Crippen molar-refractivity contribution in [2.75, 3.05) is 5.32 Å². The Labute approximate surface area is 148 Å². The molecule has 4 rings (SSSR count). The minimum atomic E-state index is -0.242. The summed E-state index contributed by atoms with van der Waals surface area (Å²) in [5, 5.41) is 4.16. The Morgan fingerprint density at radius 2 is 1.72 bits per heavy atom. The third-order valence-electron chi connectivity index (χ3n) is 3.80. The van der Waals surface area contributed by atoms with Gasteiger partial charge in [0.05, 0.1) is 5.39 Å². The molecular formula is C19H13ClN4O. The van der Waals surface area contributed by atoms with Gasteiger partial charge in [-0.2, -0.15) is 4.98 Å². The van der Waals surface area contributed by atoms with Gasteiger partial charge < -0.3 is 5.32 Å². The van der Waals surface area contributed by atoms with Crippen molar-refractivity contribution in [3.63, 3.8) is 0 Å². The van der Waals surface area contributed by atoms with Gasteiger partial charge in [0.2, 0.25) is 5.95 Å². The molecular weight excluding hydrogens is 336 g/mol. The fourth-order valence-corrected chi connectivity index (χ4v) is 2.78. The average Bonchev–Trinajstić information content (AvgIpc) is 2.64. The maximum absolute atomic E-state index is 12.6. The van der Waals surface area contributed by atoms with E-state index in [0.29, 0.717) is 22.0 Å². The molecule has 0 radical (unpaired) electrons. The molecule has 0 unspecified atom stereocenters. The van der Waals surface area contributed by atoms with Crippen molar-refractivity contribution in [3.8, 4) is 11.1 Å². The van der Waals surface area contributed by atoms with Crippen LogP contribution in [0, 0.1) is 0 Å². The fourth-order valence-electron chi connectivity index (χ4n) is 2.65. The average molecular weight is 349 g/mol. The molecule has 2 heterocycles. The monoisotopic (exact) mass is 348 g/mol. The molecule has 0 bridgehead atoms. The highest BCUT2D eigenvalue weighted by atomic mass is 35.5. The van der Waals surface area contributed by atoms with E-state index in [0.717, 1.165) is 16.8 Å². The van der Waals surface area contributed by atoms with Gasteiger partial charge in [-0.25, -0.2) is 4.98 Å². The first-order chi connectivity index (χ1) is 12.2. The summed E-state index contributed by atoms with van der Waals surface area (Å²) >= 11 is 5.88. The van der Waals surface area contributed by atoms with Gasteiger partial charge in [0.25, 0.3) is 5.56 Å². The number of rotatable bonds is 3. The summed E-state index contributed by atoms with van der Waals surface area (Å²) in [6, 6.07) is 18.6. The zero-order valence-corrected chi connectivity index (χ0v) is 13.8. The van der Waals surface area contributed by atoms with E-state index >= 15 is 0 Å². The van der Waals surface area contributed by atoms with E-state index in [-0.39, 0.29) is 5.56 Å². The molecule has 0 aliphatic carbocycles. The highest BCUT2D eigenvalue weighted by Crippen LogP contribution is 2.24. The van der Waals surface area contributed by atoms with Gasteiger partial charge in [-0.3, -0.25) is 9.78 Å². The summed E-state index contributed by atoms with van der Waals surface area (Å²) < 4.78 is 0. The second kappa shape index (κ2) is 6.37. The third-order valence-corrected chi connectivity index (χ3v) is 4.05. The number of fused-ring (bicyclic) bond motifs is 1. The highest BCUT2D eigenvalue weighted by molar-refractivity contribution is 6.30. The lowest BCUT2D eigenvalue weighted by Gasteiger charge is -2.08. The smallest absolute Gasteiger partial charge is 0.262 e. The first-order valence-corrected chi connectivity index (χ1v) is 8.05. The van der Waals surface area contributed by atoms with Crippen LogP contribution in [0.1, 0.15) is 0 Å². The van der Waals surface area contributed by atoms with Crippen LogP contribution < -0.4 is 10.9 Å². The maximum atomic E-state index is 12.6. The predicted molar refractivity (Wildman–Crippen MR) is 100 cm³/mol. The normalized spacial score (nSPS) is 10.8. The van der Waals surface area contributed by atoms with Gasteiger partial charge >= 0.3 is 0 Å². The number of H-pyrrole nitrogens is 1. The lowest BCUT2D eigenvalue weighted by Crippen LogP contribution is -2.13. The molecule has 5 nitrogen and oxygen atoms in total. The molecule has 0 aliphatic heterocycles. The third kappa shape index (κ3) is 3.09. The minimum absolute atomic E-state index is 0.242. The standard InChI is InChI=1S/C19H13ClN4O/c20-13-6-8-14(9-7-13)22-19-23-17-16(18(25)24-19)15(10-11-21-17)12-4-2-1-3-5-12/h1-11H,(H2,21,22,23,24,25). The predicted octanol–water partition coefficient (Wildman–Crippen LogP) is 4.38. The molecule has 0 spiro atoms. The van der Waals surface area contributed by atoms with Crippen molar-refractivity contribution in [2.45, 2.75) is 0 Å². The van der Waals surface area contributed by atoms with Crippen LogP contribution in [-0.2, 0) is 0 Å². The number of anilines is 2. The van der Waals surface area contributed by atoms with Crippen LogP contribution in [0.4, 0.5) is 11.6 Å². The number of benzene rings is 2. The van der Waals surface area contributed by atoms with Gasteiger partial charge in [-0.05, 0) is 41.5 Å². The van der Waals surface area contributed by atoms with E-state index in [1.807, 2.05) is 36.4 Å². The SMILES string of the molecule is O=c1[nH]c(Nc2ccc(Cl)cc2)nc2nccc(-c3ccccc3)c12. The van der Waals surface area contributed by atoms with Crippen LogP contribution in [-0.4, -0.2) is 15.0 Å². The number of nitrogens with zero attached hydrogens (tertiary/aromatic N) is 2. The molecule has 2 aromatic heterocycles. The van der Waals surface area contributed by atoms with E-state index < -0.39 is 0 Å². The summed E-state index contributed by atoms with van der Waals surface area (Å²) in [5.74, 6) is 0.331. The molecule has 25 heavy (non-hydrogen) atoms. The number of hydrogen-bond acceptors (Lipinski definition) is 4. The quantitative estimate of drug-likeness (QED) is 0.576. The van der Waals surface area contributed by atoms with Gasteiger partial charge in [-0.15, -0.1) is 0 Å². The van der Waals surface area contributed by atoms with Crippen molar-refractivity contribution in [3.05, 3.63) is 82.2 Å². The maximum Gasteiger partial charge on any atom is 0.262 e. The molecule has 0 saturated carbocycles. The van der Waals surface area contributed by atoms with Crippen molar-refractivity contribution >= 4 is 34.3 Å². The zero-order chi connectivity index (χ0) is 17.2. The molecule has 122 valence electrons. The summed E-state index contributed by atoms with van der Waals surface area (Å²) in [6.07, 6.45) is 1.66. The molecule has 4 aromatic rings. The van der Waals surface area contributed by atoms with Crippen molar-refractivity contribution in [1.82, 2.24) is 15.0 Å². The van der Waals surface area contributed by atoms with Crippen LogP contribution in [0.15, 0.2) is 71.7 Å². The Hall–Kier alpha value is -3.18. The van der Waals surface area contributed by atoms with Crippen LogP contribution in [0.2, 0.25) is 5.02 Å². The first-order valence-electron chi connectivity index (χ1n) is 7.68. The Morgan fingerprint density at radius 3 is 2.48 bits per heavy atom. The Kier molecular flexibility index (Phi) is 3.91. The van der Waals surface area contributed by atoms with E-state index in [4.69, 9.17) is 11.6 Å². The second-order valence-electron chi connectivity index (χ2n) is 5.47. The number of halogens is 1. The van der Waals surface area contributed by atoms with Crippen molar-refractivity contribution in [2.24, 2.45) is 0 Å². The first kappa shape index (κ1) is 15.4. The Morgan fingerprint density at radius 1 is 0.960 bits per heavy atom. The topological polar surface area (TPSA) is 70.7 Å². The van der Waals surface area contributed by atoms with Gasteiger partial charge in [-0.1, -0.05) is 41.9 Å². The largest absolute Gasteiger partial charge is 0.326 e. The van der Waals surface area contributed by atoms with E-state index in [1.165, 1.54) is 0 Å². The molecule has 0 amide bonds. The number of aromatic nitrogens is 3. The molecule has 2 N–H and O–H groups in total. The van der Waals surface area contributed by atoms with E-state index in [9.17, 15) is 4.79 Å².